The van der Waals surface area contributed by atoms with E-state index < -0.39 is 12.1 Å². The first-order valence-corrected chi connectivity index (χ1v) is 6.68. The molecule has 1 aromatic carbocycles. The van der Waals surface area contributed by atoms with Crippen LogP contribution in [0, 0.1) is 0 Å². The number of carboxylic acid groups (broad SMARTS) is 1. The molecule has 4 heteroatoms. The zero-order chi connectivity index (χ0) is 12.5. The molecule has 3 nitrogen and oxygen atoms in total. The molecule has 0 bridgehead atoms. The molecule has 0 radical (unpaired) electrons. The average molecular weight is 260 g/mol. The number of ether oxygens (including phenoxy) is 1. The molecule has 0 unspecified atom stereocenters. The summed E-state index contributed by atoms with van der Waals surface area (Å²) in [6.07, 6.45) is 0.590. The lowest BCUT2D eigenvalue weighted by Gasteiger charge is -2.23. The highest BCUT2D eigenvalue weighted by Crippen LogP contribution is 2.33. The Hall–Kier alpha value is -1.81. The van der Waals surface area contributed by atoms with Gasteiger partial charge in [-0.3, -0.25) is 0 Å². The first kappa shape index (κ1) is 11.3. The zero-order valence-electron chi connectivity index (χ0n) is 9.63. The summed E-state index contributed by atoms with van der Waals surface area (Å²) in [6.45, 7) is 0. The molecule has 0 aliphatic carbocycles. The van der Waals surface area contributed by atoms with Crippen LogP contribution in [-0.2, 0) is 11.2 Å². The fraction of sp³-hybridized carbons (Fsp3) is 0.214. The Morgan fingerprint density at radius 2 is 2.28 bits per heavy atom. The Morgan fingerprint density at radius 3 is 3.00 bits per heavy atom. The number of aryl methyl sites for hydroxylation is 1. The largest absolute Gasteiger partial charge is 0.479 e. The SMILES string of the molecule is O=C(O)[C@@H]1CCc2cc(-c3cccs3)ccc2O1. The molecule has 0 saturated heterocycles. The molecule has 2 heterocycles. The van der Waals surface area contributed by atoms with Crippen LogP contribution in [0.4, 0.5) is 0 Å². The third kappa shape index (κ3) is 1.99. The number of benzene rings is 1. The number of hydrogen-bond donors (Lipinski definition) is 1. The quantitative estimate of drug-likeness (QED) is 0.902. The highest BCUT2D eigenvalue weighted by molar-refractivity contribution is 7.13. The predicted molar refractivity (Wildman–Crippen MR) is 70.1 cm³/mol. The fourth-order valence-corrected chi connectivity index (χ4v) is 2.88. The number of fused-ring (bicyclic) bond motifs is 1. The summed E-state index contributed by atoms with van der Waals surface area (Å²) < 4.78 is 5.47. The van der Waals surface area contributed by atoms with E-state index in [1.165, 1.54) is 10.4 Å². The van der Waals surface area contributed by atoms with E-state index in [0.29, 0.717) is 12.2 Å². The van der Waals surface area contributed by atoms with Crippen LogP contribution in [0.5, 0.6) is 5.75 Å². The van der Waals surface area contributed by atoms with E-state index >= 15 is 0 Å². The number of hydrogen-bond acceptors (Lipinski definition) is 3. The molecule has 92 valence electrons. The lowest BCUT2D eigenvalue weighted by atomic mass is 9.99. The minimum Gasteiger partial charge on any atom is -0.479 e. The van der Waals surface area contributed by atoms with E-state index in [9.17, 15) is 4.79 Å². The number of aliphatic carboxylic acids is 1. The molecule has 1 aromatic heterocycles. The summed E-state index contributed by atoms with van der Waals surface area (Å²) in [4.78, 5) is 12.1. The molecule has 1 N–H and O–H groups in total. The first-order valence-electron chi connectivity index (χ1n) is 5.80. The van der Waals surface area contributed by atoms with Gasteiger partial charge in [-0.1, -0.05) is 6.07 Å². The summed E-state index contributed by atoms with van der Waals surface area (Å²) >= 11 is 1.70. The van der Waals surface area contributed by atoms with Gasteiger partial charge in [0.1, 0.15) is 5.75 Å². The smallest absolute Gasteiger partial charge is 0.344 e. The van der Waals surface area contributed by atoms with Gasteiger partial charge in [0.2, 0.25) is 0 Å². The standard InChI is InChI=1S/C14H12O3S/c15-14(16)12-6-3-9-8-10(4-5-11(9)17-12)13-2-1-7-18-13/h1-2,4-5,7-8,12H,3,6H2,(H,15,16)/t12-/m0/s1. The van der Waals surface area contributed by atoms with Crippen LogP contribution >= 0.6 is 11.3 Å². The van der Waals surface area contributed by atoms with Crippen molar-refractivity contribution in [1.82, 2.24) is 0 Å². The van der Waals surface area contributed by atoms with Gasteiger partial charge in [-0.25, -0.2) is 4.79 Å². The van der Waals surface area contributed by atoms with Crippen molar-refractivity contribution in [1.29, 1.82) is 0 Å². The summed E-state index contributed by atoms with van der Waals surface area (Å²) in [5, 5.41) is 11.0. The summed E-state index contributed by atoms with van der Waals surface area (Å²) in [7, 11) is 0. The Kier molecular flexibility index (Phi) is 2.80. The molecule has 18 heavy (non-hydrogen) atoms. The van der Waals surface area contributed by atoms with Crippen molar-refractivity contribution in [3.8, 4) is 16.2 Å². The maximum Gasteiger partial charge on any atom is 0.344 e. The maximum atomic E-state index is 10.9. The van der Waals surface area contributed by atoms with Crippen LogP contribution in [0.2, 0.25) is 0 Å². The van der Waals surface area contributed by atoms with Crippen molar-refractivity contribution < 1.29 is 14.6 Å². The van der Waals surface area contributed by atoms with Crippen molar-refractivity contribution in [3.63, 3.8) is 0 Å². The number of carboxylic acids is 1. The molecular formula is C14H12O3S. The summed E-state index contributed by atoms with van der Waals surface area (Å²) in [5.41, 5.74) is 2.26. The second-order valence-electron chi connectivity index (χ2n) is 4.28. The van der Waals surface area contributed by atoms with Gasteiger partial charge in [0.25, 0.3) is 0 Å². The van der Waals surface area contributed by atoms with Crippen LogP contribution in [0.3, 0.4) is 0 Å². The van der Waals surface area contributed by atoms with E-state index in [-0.39, 0.29) is 0 Å². The molecule has 1 aliphatic rings. The van der Waals surface area contributed by atoms with E-state index in [4.69, 9.17) is 9.84 Å². The topological polar surface area (TPSA) is 46.5 Å². The highest BCUT2D eigenvalue weighted by atomic mass is 32.1. The van der Waals surface area contributed by atoms with Gasteiger partial charge in [0.05, 0.1) is 0 Å². The minimum absolute atomic E-state index is 0.538. The van der Waals surface area contributed by atoms with Gasteiger partial charge in [-0.05, 0) is 53.6 Å². The van der Waals surface area contributed by atoms with Gasteiger partial charge in [0, 0.05) is 4.88 Å². The Labute approximate surface area is 109 Å². The van der Waals surface area contributed by atoms with Gasteiger partial charge >= 0.3 is 5.97 Å². The second kappa shape index (κ2) is 4.46. The van der Waals surface area contributed by atoms with Crippen molar-refractivity contribution in [2.45, 2.75) is 18.9 Å². The molecule has 0 fully saturated rings. The predicted octanol–water partition coefficient (Wildman–Crippen LogP) is 3.19. The van der Waals surface area contributed by atoms with Gasteiger partial charge < -0.3 is 9.84 Å². The Balaban J connectivity index is 1.92. The highest BCUT2D eigenvalue weighted by Gasteiger charge is 2.25. The number of carbonyl (C=O) groups is 1. The van der Waals surface area contributed by atoms with Crippen LogP contribution < -0.4 is 4.74 Å². The fourth-order valence-electron chi connectivity index (χ4n) is 2.16. The maximum absolute atomic E-state index is 10.9. The van der Waals surface area contributed by atoms with Gasteiger partial charge in [0.15, 0.2) is 6.10 Å². The molecule has 3 rings (SSSR count). The van der Waals surface area contributed by atoms with Crippen molar-refractivity contribution in [3.05, 3.63) is 41.3 Å². The van der Waals surface area contributed by atoms with E-state index in [1.807, 2.05) is 23.6 Å². The first-order chi connectivity index (χ1) is 8.74. The van der Waals surface area contributed by atoms with E-state index in [1.54, 1.807) is 11.3 Å². The molecule has 0 saturated carbocycles. The van der Waals surface area contributed by atoms with Crippen LogP contribution in [-0.4, -0.2) is 17.2 Å². The van der Waals surface area contributed by atoms with E-state index in [0.717, 1.165) is 12.0 Å². The monoisotopic (exact) mass is 260 g/mol. The van der Waals surface area contributed by atoms with Crippen molar-refractivity contribution in [2.24, 2.45) is 0 Å². The molecule has 1 atom stereocenters. The molecule has 0 amide bonds. The van der Waals surface area contributed by atoms with Crippen LogP contribution in [0.15, 0.2) is 35.7 Å². The van der Waals surface area contributed by atoms with Crippen LogP contribution in [0.25, 0.3) is 10.4 Å². The number of thiophene rings is 1. The van der Waals surface area contributed by atoms with E-state index in [2.05, 4.69) is 12.1 Å². The zero-order valence-corrected chi connectivity index (χ0v) is 10.4. The second-order valence-corrected chi connectivity index (χ2v) is 5.23. The molecule has 2 aromatic rings. The normalized spacial score (nSPS) is 17.9. The van der Waals surface area contributed by atoms with Crippen molar-refractivity contribution >= 4 is 17.3 Å². The average Bonchev–Trinajstić information content (AvgIpc) is 2.91. The number of rotatable bonds is 2. The lowest BCUT2D eigenvalue weighted by molar-refractivity contribution is -0.145. The lowest BCUT2D eigenvalue weighted by Crippen LogP contribution is -2.30. The minimum atomic E-state index is -0.886. The summed E-state index contributed by atoms with van der Waals surface area (Å²) in [5.74, 6) is -0.183. The molecule has 0 spiro atoms. The third-order valence-corrected chi connectivity index (χ3v) is 4.01. The summed E-state index contributed by atoms with van der Waals surface area (Å²) in [6, 6.07) is 10.1. The molecule has 1 aliphatic heterocycles. The van der Waals surface area contributed by atoms with Gasteiger partial charge in [-0.2, -0.15) is 0 Å². The molecular weight excluding hydrogens is 248 g/mol. The third-order valence-electron chi connectivity index (χ3n) is 3.09. The van der Waals surface area contributed by atoms with Crippen LogP contribution in [0.1, 0.15) is 12.0 Å². The van der Waals surface area contributed by atoms with Gasteiger partial charge in [-0.15, -0.1) is 11.3 Å². The Bertz CT molecular complexity index is 575. The Morgan fingerprint density at radius 1 is 1.39 bits per heavy atom. The van der Waals surface area contributed by atoms with Crippen molar-refractivity contribution in [2.75, 3.05) is 0 Å².